The van der Waals surface area contributed by atoms with Gasteiger partial charge in [-0.05, 0) is 25.1 Å². The molecule has 4 nitrogen and oxygen atoms in total. The average molecular weight is 322 g/mol. The number of hydrogen-bond donors (Lipinski definition) is 1. The van der Waals surface area contributed by atoms with E-state index in [1.165, 1.54) is 0 Å². The number of nitrogens with zero attached hydrogens (tertiary/aromatic N) is 1. The van der Waals surface area contributed by atoms with Gasteiger partial charge in [0.15, 0.2) is 0 Å². The summed E-state index contributed by atoms with van der Waals surface area (Å²) in [6, 6.07) is 7.84. The Morgan fingerprint density at radius 1 is 1.32 bits per heavy atom. The van der Waals surface area contributed by atoms with Crippen molar-refractivity contribution < 1.29 is 9.53 Å². The van der Waals surface area contributed by atoms with Gasteiger partial charge in [0.05, 0.1) is 18.8 Å². The molecule has 0 bridgehead atoms. The maximum atomic E-state index is 12.3. The predicted molar refractivity (Wildman–Crippen MR) is 91.6 cm³/mol. The van der Waals surface area contributed by atoms with E-state index in [-0.39, 0.29) is 5.91 Å². The van der Waals surface area contributed by atoms with Crippen LogP contribution in [0.25, 0.3) is 0 Å². The van der Waals surface area contributed by atoms with Crippen LogP contribution >= 0.6 is 11.8 Å². The van der Waals surface area contributed by atoms with Crippen LogP contribution in [-0.4, -0.2) is 55.4 Å². The zero-order valence-electron chi connectivity index (χ0n) is 13.5. The number of nitrogens with one attached hydrogen (secondary N) is 1. The highest BCUT2D eigenvalue weighted by molar-refractivity contribution is 8.00. The number of ether oxygens (including phenoxy) is 1. The van der Waals surface area contributed by atoms with Gasteiger partial charge in [0, 0.05) is 29.8 Å². The first-order valence-electron chi connectivity index (χ1n) is 8.01. The standard InChI is InChI=1S/C17H26N2O2S/c1-14(2)22-16-7-4-3-6-15(16)17(20)18-8-5-9-19-10-12-21-13-11-19/h3-4,6-7,14H,5,8-13H2,1-2H3,(H,18,20). The Morgan fingerprint density at radius 3 is 2.77 bits per heavy atom. The molecule has 1 saturated heterocycles. The van der Waals surface area contributed by atoms with E-state index >= 15 is 0 Å². The minimum absolute atomic E-state index is 0.0331. The van der Waals surface area contributed by atoms with Gasteiger partial charge in [-0.2, -0.15) is 0 Å². The molecule has 0 radical (unpaired) electrons. The first kappa shape index (κ1) is 17.3. The molecule has 122 valence electrons. The minimum atomic E-state index is 0.0331. The first-order valence-corrected chi connectivity index (χ1v) is 8.89. The number of benzene rings is 1. The van der Waals surface area contributed by atoms with Gasteiger partial charge in [-0.25, -0.2) is 0 Å². The number of carbonyl (C=O) groups is 1. The summed E-state index contributed by atoms with van der Waals surface area (Å²) in [5, 5.41) is 3.51. The minimum Gasteiger partial charge on any atom is -0.379 e. The van der Waals surface area contributed by atoms with Crippen molar-refractivity contribution in [2.75, 3.05) is 39.4 Å². The number of hydrogen-bond acceptors (Lipinski definition) is 4. The lowest BCUT2D eigenvalue weighted by molar-refractivity contribution is 0.0374. The van der Waals surface area contributed by atoms with Crippen LogP contribution in [0.3, 0.4) is 0 Å². The summed E-state index contributed by atoms with van der Waals surface area (Å²) in [6.45, 7) is 9.67. The van der Waals surface area contributed by atoms with Crippen LogP contribution in [0, 0.1) is 0 Å². The molecular weight excluding hydrogens is 296 g/mol. The molecule has 1 N–H and O–H groups in total. The van der Waals surface area contributed by atoms with Crippen molar-refractivity contribution in [3.05, 3.63) is 29.8 Å². The van der Waals surface area contributed by atoms with Gasteiger partial charge in [-0.3, -0.25) is 9.69 Å². The van der Waals surface area contributed by atoms with Crippen LogP contribution in [0.4, 0.5) is 0 Å². The number of morpholine rings is 1. The Hall–Kier alpha value is -1.04. The molecule has 1 heterocycles. The lowest BCUT2D eigenvalue weighted by Crippen LogP contribution is -2.38. The van der Waals surface area contributed by atoms with Crippen molar-refractivity contribution in [2.45, 2.75) is 30.4 Å². The van der Waals surface area contributed by atoms with Crippen molar-refractivity contribution in [1.29, 1.82) is 0 Å². The molecule has 1 aromatic carbocycles. The Balaban J connectivity index is 1.77. The highest BCUT2D eigenvalue weighted by Crippen LogP contribution is 2.26. The third-order valence-electron chi connectivity index (χ3n) is 3.53. The molecule has 1 aliphatic rings. The zero-order valence-corrected chi connectivity index (χ0v) is 14.3. The van der Waals surface area contributed by atoms with Crippen LogP contribution < -0.4 is 5.32 Å². The van der Waals surface area contributed by atoms with Gasteiger partial charge in [0.1, 0.15) is 0 Å². The summed E-state index contributed by atoms with van der Waals surface area (Å²) in [4.78, 5) is 15.8. The second-order valence-electron chi connectivity index (χ2n) is 5.73. The van der Waals surface area contributed by atoms with E-state index in [2.05, 4.69) is 24.1 Å². The largest absolute Gasteiger partial charge is 0.379 e. The van der Waals surface area contributed by atoms with Crippen molar-refractivity contribution in [3.63, 3.8) is 0 Å². The summed E-state index contributed by atoms with van der Waals surface area (Å²) in [5.74, 6) is 0.0331. The molecule has 1 fully saturated rings. The molecule has 0 aliphatic carbocycles. The van der Waals surface area contributed by atoms with E-state index < -0.39 is 0 Å². The highest BCUT2D eigenvalue weighted by atomic mass is 32.2. The number of rotatable bonds is 7. The third-order valence-corrected chi connectivity index (χ3v) is 4.62. The molecule has 5 heteroatoms. The Labute approximate surface area is 137 Å². The van der Waals surface area contributed by atoms with Crippen molar-refractivity contribution in [1.82, 2.24) is 10.2 Å². The van der Waals surface area contributed by atoms with E-state index in [4.69, 9.17) is 4.74 Å². The second-order valence-corrected chi connectivity index (χ2v) is 7.34. The fraction of sp³-hybridized carbons (Fsp3) is 0.588. The van der Waals surface area contributed by atoms with Crippen LogP contribution in [0.5, 0.6) is 0 Å². The molecule has 22 heavy (non-hydrogen) atoms. The van der Waals surface area contributed by atoms with Gasteiger partial charge < -0.3 is 10.1 Å². The smallest absolute Gasteiger partial charge is 0.252 e. The van der Waals surface area contributed by atoms with Crippen molar-refractivity contribution in [2.24, 2.45) is 0 Å². The van der Waals surface area contributed by atoms with Gasteiger partial charge in [0.25, 0.3) is 5.91 Å². The molecule has 0 atom stereocenters. The van der Waals surface area contributed by atoms with E-state index in [0.29, 0.717) is 5.25 Å². The van der Waals surface area contributed by atoms with E-state index in [1.807, 2.05) is 24.3 Å². The maximum Gasteiger partial charge on any atom is 0.252 e. The van der Waals surface area contributed by atoms with E-state index in [0.717, 1.165) is 56.3 Å². The topological polar surface area (TPSA) is 41.6 Å². The summed E-state index contributed by atoms with van der Waals surface area (Å²) in [6.07, 6.45) is 0.977. The molecule has 0 spiro atoms. The molecule has 1 aliphatic heterocycles. The molecular formula is C17H26N2O2S. The molecule has 1 amide bonds. The lowest BCUT2D eigenvalue weighted by Gasteiger charge is -2.26. The predicted octanol–water partition coefficient (Wildman–Crippen LogP) is 2.64. The van der Waals surface area contributed by atoms with Gasteiger partial charge in [-0.1, -0.05) is 26.0 Å². The van der Waals surface area contributed by atoms with E-state index in [1.54, 1.807) is 11.8 Å². The first-order chi connectivity index (χ1) is 10.7. The van der Waals surface area contributed by atoms with Crippen LogP contribution in [0.15, 0.2) is 29.2 Å². The quantitative estimate of drug-likeness (QED) is 0.619. The molecule has 0 unspecified atom stereocenters. The van der Waals surface area contributed by atoms with E-state index in [9.17, 15) is 4.79 Å². The summed E-state index contributed by atoms with van der Waals surface area (Å²) < 4.78 is 5.33. The fourth-order valence-corrected chi connectivity index (χ4v) is 3.39. The average Bonchev–Trinajstić information content (AvgIpc) is 2.52. The number of carbonyl (C=O) groups excluding carboxylic acids is 1. The number of thioether (sulfide) groups is 1. The zero-order chi connectivity index (χ0) is 15.8. The second kappa shape index (κ2) is 9.18. The number of amides is 1. The summed E-state index contributed by atoms with van der Waals surface area (Å²) in [5.41, 5.74) is 0.785. The highest BCUT2D eigenvalue weighted by Gasteiger charge is 2.13. The van der Waals surface area contributed by atoms with Crippen LogP contribution in [0.2, 0.25) is 0 Å². The van der Waals surface area contributed by atoms with Crippen LogP contribution in [0.1, 0.15) is 30.6 Å². The van der Waals surface area contributed by atoms with Gasteiger partial charge >= 0.3 is 0 Å². The Morgan fingerprint density at radius 2 is 2.05 bits per heavy atom. The SMILES string of the molecule is CC(C)Sc1ccccc1C(=O)NCCCN1CCOCC1. The Bertz CT molecular complexity index is 473. The molecule has 2 rings (SSSR count). The Kier molecular flexibility index (Phi) is 7.22. The summed E-state index contributed by atoms with van der Waals surface area (Å²) in [7, 11) is 0. The molecule has 0 saturated carbocycles. The molecule has 0 aromatic heterocycles. The summed E-state index contributed by atoms with van der Waals surface area (Å²) >= 11 is 1.73. The van der Waals surface area contributed by atoms with Crippen LogP contribution in [-0.2, 0) is 4.74 Å². The van der Waals surface area contributed by atoms with Gasteiger partial charge in [-0.15, -0.1) is 11.8 Å². The normalized spacial score (nSPS) is 16.0. The fourth-order valence-electron chi connectivity index (χ4n) is 2.44. The van der Waals surface area contributed by atoms with Gasteiger partial charge in [0.2, 0.25) is 0 Å². The monoisotopic (exact) mass is 322 g/mol. The third kappa shape index (κ3) is 5.63. The van der Waals surface area contributed by atoms with Crippen molar-refractivity contribution >= 4 is 17.7 Å². The van der Waals surface area contributed by atoms with Crippen molar-refractivity contribution in [3.8, 4) is 0 Å². The lowest BCUT2D eigenvalue weighted by atomic mass is 10.2. The maximum absolute atomic E-state index is 12.3. The molecule has 1 aromatic rings.